The van der Waals surface area contributed by atoms with E-state index in [-0.39, 0.29) is 46.0 Å². The molecular formula is C11H13N3O2SY-2. The molecule has 1 heterocycles. The fraction of sp³-hybridized carbons (Fsp3) is 0.0909. The summed E-state index contributed by atoms with van der Waals surface area (Å²) in [4.78, 5) is 4.00. The van der Waals surface area contributed by atoms with Gasteiger partial charge in [0.1, 0.15) is 0 Å². The summed E-state index contributed by atoms with van der Waals surface area (Å²) in [5.74, 6) is 0.156. The molecule has 0 aliphatic heterocycles. The number of fused-ring (bicyclic) bond motifs is 1. The third kappa shape index (κ3) is 4.19. The Bertz CT molecular complexity index is 644. The van der Waals surface area contributed by atoms with Crippen molar-refractivity contribution >= 4 is 32.4 Å². The van der Waals surface area contributed by atoms with Crippen LogP contribution in [0.3, 0.4) is 0 Å². The first-order valence-corrected chi connectivity index (χ1v) is 6.44. The molecule has 95 valence electrons. The number of nitrogens with one attached hydrogen (secondary N) is 2. The molecule has 2 N–H and O–H groups in total. The Morgan fingerprint density at radius 3 is 2.50 bits per heavy atom. The summed E-state index contributed by atoms with van der Waals surface area (Å²) in [6.07, 6.45) is 1.10. The molecule has 18 heavy (non-hydrogen) atoms. The summed E-state index contributed by atoms with van der Waals surface area (Å²) in [6.45, 7) is 0. The minimum absolute atomic E-state index is 0. The van der Waals surface area contributed by atoms with Gasteiger partial charge in [-0.25, -0.2) is 8.42 Å². The molecule has 0 aliphatic carbocycles. The van der Waals surface area contributed by atoms with Crippen LogP contribution in [0.2, 0.25) is 0 Å². The summed E-state index contributed by atoms with van der Waals surface area (Å²) in [7, 11) is -3.30. The predicted molar refractivity (Wildman–Crippen MR) is 70.6 cm³/mol. The van der Waals surface area contributed by atoms with Crippen molar-refractivity contribution in [3.63, 3.8) is 0 Å². The number of pyridine rings is 1. The number of hydrogen-bond acceptors (Lipinski definition) is 3. The Hall–Kier alpha value is -0.716. The normalized spacial score (nSPS) is 10.3. The predicted octanol–water partition coefficient (Wildman–Crippen LogP) is 2.74. The fourth-order valence-corrected chi connectivity index (χ4v) is 2.02. The van der Waals surface area contributed by atoms with Gasteiger partial charge in [-0.15, -0.1) is 0 Å². The van der Waals surface area contributed by atoms with Crippen LogP contribution in [0.1, 0.15) is 0 Å². The zero-order valence-electron chi connectivity index (χ0n) is 10.1. The van der Waals surface area contributed by atoms with Crippen molar-refractivity contribution in [1.82, 2.24) is 4.98 Å². The standard InChI is InChI=1S/C10H10N3O2S.CH3.Y/c1-16(14,15)13-9-4-2-3-8-7(9)5-6-10(11)12-8;;/h2-6,13H,1H3,(H-,11,12);1H3;/q2*-1;. The topological polar surface area (TPSA) is 82.9 Å². The van der Waals surface area contributed by atoms with Crippen LogP contribution in [0.25, 0.3) is 16.6 Å². The first-order chi connectivity index (χ1) is 7.46. The zero-order chi connectivity index (χ0) is 11.8. The van der Waals surface area contributed by atoms with Crippen LogP contribution in [-0.4, -0.2) is 19.7 Å². The molecule has 0 unspecified atom stereocenters. The molecule has 0 bridgehead atoms. The van der Waals surface area contributed by atoms with Crippen LogP contribution in [-0.2, 0) is 42.7 Å². The minimum Gasteiger partial charge on any atom is -0.482 e. The molecular weight excluding hydrogens is 327 g/mol. The minimum atomic E-state index is -3.30. The third-order valence-electron chi connectivity index (χ3n) is 2.03. The number of anilines is 1. The molecule has 0 saturated carbocycles. The average Bonchev–Trinajstić information content (AvgIpc) is 2.15. The molecule has 0 fully saturated rings. The summed E-state index contributed by atoms with van der Waals surface area (Å²) in [5, 5.41) is 0.684. The van der Waals surface area contributed by atoms with E-state index < -0.39 is 10.0 Å². The SMILES string of the molecule is CS(=O)(=O)Nc1cccc2nc([NH-])ccc12.[CH3-].[Y]. The van der Waals surface area contributed by atoms with Crippen LogP contribution in [0.5, 0.6) is 0 Å². The Morgan fingerprint density at radius 1 is 1.22 bits per heavy atom. The quantitative estimate of drug-likeness (QED) is 0.854. The van der Waals surface area contributed by atoms with Crippen LogP contribution in [0.15, 0.2) is 30.3 Å². The second kappa shape index (κ2) is 6.45. The van der Waals surface area contributed by atoms with Crippen LogP contribution in [0.4, 0.5) is 11.5 Å². The van der Waals surface area contributed by atoms with E-state index in [2.05, 4.69) is 9.71 Å². The van der Waals surface area contributed by atoms with Gasteiger partial charge in [-0.2, -0.15) is 0 Å². The zero-order valence-corrected chi connectivity index (χ0v) is 13.8. The molecule has 1 aromatic carbocycles. The number of benzene rings is 1. The molecule has 1 aromatic heterocycles. The summed E-state index contributed by atoms with van der Waals surface area (Å²) in [5.41, 5.74) is 8.46. The molecule has 0 amide bonds. The second-order valence-corrected chi connectivity index (χ2v) is 5.19. The van der Waals surface area contributed by atoms with E-state index in [1.165, 1.54) is 6.07 Å². The molecule has 0 atom stereocenters. The molecule has 2 aromatic rings. The van der Waals surface area contributed by atoms with Crippen molar-refractivity contribution in [2.45, 2.75) is 0 Å². The molecule has 0 saturated heterocycles. The number of rotatable bonds is 2. The van der Waals surface area contributed by atoms with E-state index in [1.807, 2.05) is 0 Å². The van der Waals surface area contributed by atoms with Gasteiger partial charge >= 0.3 is 0 Å². The first-order valence-electron chi connectivity index (χ1n) is 4.55. The molecule has 0 aliphatic rings. The summed E-state index contributed by atoms with van der Waals surface area (Å²) in [6, 6.07) is 8.30. The van der Waals surface area contributed by atoms with Gasteiger partial charge in [0.15, 0.2) is 0 Å². The summed E-state index contributed by atoms with van der Waals surface area (Å²) < 4.78 is 24.7. The van der Waals surface area contributed by atoms with Gasteiger partial charge in [-0.05, 0) is 11.6 Å². The third-order valence-corrected chi connectivity index (χ3v) is 2.62. The van der Waals surface area contributed by atoms with Gasteiger partial charge in [0, 0.05) is 38.1 Å². The monoisotopic (exact) mass is 340 g/mol. The van der Waals surface area contributed by atoms with Crippen LogP contribution < -0.4 is 4.72 Å². The fourth-order valence-electron chi connectivity index (χ4n) is 1.44. The Morgan fingerprint density at radius 2 is 1.89 bits per heavy atom. The molecule has 1 radical (unpaired) electrons. The Labute approximate surface area is 132 Å². The van der Waals surface area contributed by atoms with Gasteiger partial charge in [-0.3, -0.25) is 4.72 Å². The maximum atomic E-state index is 11.1. The van der Waals surface area contributed by atoms with E-state index in [4.69, 9.17) is 5.73 Å². The van der Waals surface area contributed by atoms with Crippen molar-refractivity contribution < 1.29 is 41.1 Å². The van der Waals surface area contributed by atoms with Crippen LogP contribution >= 0.6 is 0 Å². The van der Waals surface area contributed by atoms with Crippen molar-refractivity contribution in [3.8, 4) is 0 Å². The smallest absolute Gasteiger partial charge is 0.229 e. The van der Waals surface area contributed by atoms with E-state index in [0.717, 1.165) is 6.26 Å². The summed E-state index contributed by atoms with van der Waals surface area (Å²) >= 11 is 0. The van der Waals surface area contributed by atoms with E-state index >= 15 is 0 Å². The van der Waals surface area contributed by atoms with Crippen molar-refractivity contribution in [1.29, 1.82) is 0 Å². The van der Waals surface area contributed by atoms with Gasteiger partial charge < -0.3 is 18.1 Å². The average molecular weight is 340 g/mol. The Kier molecular flexibility index (Phi) is 6.19. The molecule has 2 rings (SSSR count). The molecule has 0 spiro atoms. The van der Waals surface area contributed by atoms with Crippen LogP contribution in [0, 0.1) is 7.43 Å². The van der Waals surface area contributed by atoms with E-state index in [0.29, 0.717) is 16.6 Å². The first kappa shape index (κ1) is 17.3. The van der Waals surface area contributed by atoms with E-state index in [1.54, 1.807) is 24.3 Å². The van der Waals surface area contributed by atoms with Crippen molar-refractivity contribution in [2.24, 2.45) is 0 Å². The number of nitrogens with zero attached hydrogens (tertiary/aromatic N) is 1. The van der Waals surface area contributed by atoms with Gasteiger partial charge in [0.25, 0.3) is 0 Å². The number of hydrogen-bond donors (Lipinski definition) is 1. The van der Waals surface area contributed by atoms with E-state index in [9.17, 15) is 8.42 Å². The largest absolute Gasteiger partial charge is 0.482 e. The second-order valence-electron chi connectivity index (χ2n) is 3.44. The van der Waals surface area contributed by atoms with Gasteiger partial charge in [0.2, 0.25) is 10.0 Å². The molecule has 7 heteroatoms. The maximum Gasteiger partial charge on any atom is 0.229 e. The molecule has 5 nitrogen and oxygen atoms in total. The van der Waals surface area contributed by atoms with Gasteiger partial charge in [-0.1, -0.05) is 30.1 Å². The van der Waals surface area contributed by atoms with Gasteiger partial charge in [0.05, 0.1) is 11.9 Å². The number of sulfonamides is 1. The van der Waals surface area contributed by atoms with Crippen molar-refractivity contribution in [2.75, 3.05) is 11.0 Å². The van der Waals surface area contributed by atoms with Crippen molar-refractivity contribution in [3.05, 3.63) is 43.5 Å². The Balaban J connectivity index is 0.00000144. The number of aromatic nitrogens is 1. The maximum absolute atomic E-state index is 11.1.